The van der Waals surface area contributed by atoms with E-state index in [1.54, 1.807) is 4.90 Å². The van der Waals surface area contributed by atoms with Crippen molar-refractivity contribution in [2.75, 3.05) is 4.90 Å². The fourth-order valence-electron chi connectivity index (χ4n) is 7.63. The minimum Gasteiger partial charge on any atom is -0.311 e. The van der Waals surface area contributed by atoms with Crippen molar-refractivity contribution >= 4 is 49.4 Å². The van der Waals surface area contributed by atoms with Gasteiger partial charge in [-0.3, -0.25) is 0 Å². The molecule has 0 aliphatic carbocycles. The van der Waals surface area contributed by atoms with Gasteiger partial charge in [-0.05, 0) is 119 Å². The maximum Gasteiger partial charge on any atom is 0.0645 e. The molecule has 258 valence electrons. The maximum atomic E-state index is 9.48. The molecule has 0 aliphatic heterocycles. The van der Waals surface area contributed by atoms with Crippen LogP contribution < -0.4 is 4.90 Å². The number of benzene rings is 10. The van der Waals surface area contributed by atoms with E-state index in [-0.39, 0.29) is 16.8 Å². The van der Waals surface area contributed by atoms with Crippen LogP contribution in [-0.4, -0.2) is 0 Å². The predicted molar refractivity (Wildman–Crippen MR) is 235 cm³/mol. The van der Waals surface area contributed by atoms with Gasteiger partial charge in [0.15, 0.2) is 0 Å². The minimum atomic E-state index is -0.625. The second-order valence-electron chi connectivity index (χ2n) is 13.4. The molecule has 0 saturated carbocycles. The van der Waals surface area contributed by atoms with Gasteiger partial charge in [-0.25, -0.2) is 0 Å². The molecule has 55 heavy (non-hydrogen) atoms. The zero-order valence-corrected chi connectivity index (χ0v) is 29.6. The first-order valence-electron chi connectivity index (χ1n) is 22.7. The summed E-state index contributed by atoms with van der Waals surface area (Å²) in [4.78, 5) is 1.69. The molecule has 0 amide bonds. The minimum absolute atomic E-state index is 0.0570. The van der Waals surface area contributed by atoms with Crippen LogP contribution in [0.5, 0.6) is 0 Å². The molecule has 0 unspecified atom stereocenters. The average Bonchev–Trinajstić information content (AvgIpc) is 3.34. The van der Waals surface area contributed by atoms with E-state index in [2.05, 4.69) is 66.7 Å². The Kier molecular flexibility index (Phi) is 6.14. The van der Waals surface area contributed by atoms with Gasteiger partial charge in [-0.1, -0.05) is 182 Å². The standard InChI is InChI=1S/C54H37N/c1-3-13-38(14-4-1)39-23-30-45(31-24-39)55(47-34-27-42(28-35-47)53-37-44-18-8-9-19-48(44)51-21-11-12-22-52(51)53)46-32-25-41(26-33-46)50-36-29-40-15-7-10-20-49(40)54(50)43-16-5-2-6-17-43/h1-37H/i1D,3D,4D,13D,14D,23D,24D,30D,31D. The van der Waals surface area contributed by atoms with Gasteiger partial charge < -0.3 is 4.90 Å². The summed E-state index contributed by atoms with van der Waals surface area (Å²) < 4.78 is 79.4. The molecular formula is C54H37N. The topological polar surface area (TPSA) is 3.24 Å². The van der Waals surface area contributed by atoms with Crippen molar-refractivity contribution in [1.29, 1.82) is 0 Å². The lowest BCUT2D eigenvalue weighted by atomic mass is 9.90. The summed E-state index contributed by atoms with van der Waals surface area (Å²) in [6, 6.07) is 52.1. The van der Waals surface area contributed by atoms with Gasteiger partial charge in [-0.2, -0.15) is 0 Å². The van der Waals surface area contributed by atoms with Crippen LogP contribution in [0.25, 0.3) is 76.8 Å². The van der Waals surface area contributed by atoms with E-state index in [0.29, 0.717) is 11.4 Å². The molecule has 0 atom stereocenters. The zero-order valence-electron chi connectivity index (χ0n) is 38.6. The van der Waals surface area contributed by atoms with Gasteiger partial charge in [0.1, 0.15) is 0 Å². The highest BCUT2D eigenvalue weighted by molar-refractivity contribution is 6.13. The molecular weight excluding hydrogens is 663 g/mol. The van der Waals surface area contributed by atoms with Crippen LogP contribution in [0.2, 0.25) is 0 Å². The van der Waals surface area contributed by atoms with Crippen LogP contribution in [0.3, 0.4) is 0 Å². The van der Waals surface area contributed by atoms with E-state index >= 15 is 0 Å². The second kappa shape index (κ2) is 14.0. The van der Waals surface area contributed by atoms with Crippen molar-refractivity contribution in [3.63, 3.8) is 0 Å². The first-order chi connectivity index (χ1) is 31.0. The van der Waals surface area contributed by atoms with Crippen molar-refractivity contribution in [3.05, 3.63) is 224 Å². The first kappa shape index (κ1) is 24.2. The normalized spacial score (nSPS) is 13.6. The van der Waals surface area contributed by atoms with Crippen LogP contribution in [0.1, 0.15) is 12.3 Å². The lowest BCUT2D eigenvalue weighted by molar-refractivity contribution is 1.28. The third-order valence-corrected chi connectivity index (χ3v) is 10.2. The van der Waals surface area contributed by atoms with Crippen LogP contribution in [0.4, 0.5) is 17.1 Å². The number of hydrogen-bond acceptors (Lipinski definition) is 1. The summed E-state index contributed by atoms with van der Waals surface area (Å²) in [5.41, 5.74) is 6.40. The quantitative estimate of drug-likeness (QED) is 0.149. The van der Waals surface area contributed by atoms with Gasteiger partial charge in [0.25, 0.3) is 0 Å². The van der Waals surface area contributed by atoms with Crippen LogP contribution in [0.15, 0.2) is 224 Å². The number of anilines is 3. The van der Waals surface area contributed by atoms with E-state index in [0.717, 1.165) is 65.7 Å². The van der Waals surface area contributed by atoms with Crippen LogP contribution >= 0.6 is 0 Å². The summed E-state index contributed by atoms with van der Waals surface area (Å²) in [7, 11) is 0. The highest BCUT2D eigenvalue weighted by Gasteiger charge is 2.17. The smallest absolute Gasteiger partial charge is 0.0645 e. The van der Waals surface area contributed by atoms with Crippen molar-refractivity contribution in [2.45, 2.75) is 0 Å². The summed E-state index contributed by atoms with van der Waals surface area (Å²) in [5.74, 6) is 0. The van der Waals surface area contributed by atoms with E-state index in [1.807, 2.05) is 103 Å². The molecule has 0 aromatic heterocycles. The van der Waals surface area contributed by atoms with Crippen molar-refractivity contribution in [1.82, 2.24) is 0 Å². The molecule has 10 aromatic rings. The van der Waals surface area contributed by atoms with Gasteiger partial charge in [0.05, 0.1) is 12.3 Å². The Hall–Kier alpha value is -7.22. The molecule has 0 N–H and O–H groups in total. The fraction of sp³-hybridized carbons (Fsp3) is 0. The SMILES string of the molecule is [2H]c1c([2H])c([2H])c(-c2c([2H])c([2H])c(N(c3ccc(-c4ccc5ccccc5c4-c4ccccc4)cc3)c3ccc(-c4cc5ccccc5c5ccccc45)cc3)c([2H])c2[2H])c([2H])c1[2H]. The largest absolute Gasteiger partial charge is 0.311 e. The monoisotopic (exact) mass is 708 g/mol. The highest BCUT2D eigenvalue weighted by atomic mass is 15.1. The Morgan fingerprint density at radius 3 is 1.55 bits per heavy atom. The fourth-order valence-corrected chi connectivity index (χ4v) is 7.63. The zero-order chi connectivity index (χ0) is 44.4. The molecule has 1 heteroatoms. The van der Waals surface area contributed by atoms with Crippen LogP contribution in [0, 0.1) is 0 Å². The summed E-state index contributed by atoms with van der Waals surface area (Å²) in [6.07, 6.45) is 0. The Labute approximate surface area is 334 Å². The molecule has 10 aromatic carbocycles. The molecule has 0 saturated heterocycles. The molecule has 1 nitrogen and oxygen atoms in total. The Bertz CT molecular complexity index is 3420. The molecule has 10 rings (SSSR count). The van der Waals surface area contributed by atoms with Gasteiger partial charge >= 0.3 is 0 Å². The number of hydrogen-bond donors (Lipinski definition) is 0. The molecule has 0 fully saturated rings. The maximum absolute atomic E-state index is 9.48. The highest BCUT2D eigenvalue weighted by Crippen LogP contribution is 2.42. The van der Waals surface area contributed by atoms with E-state index < -0.39 is 54.4 Å². The first-order valence-corrected chi connectivity index (χ1v) is 18.2. The molecule has 0 spiro atoms. The summed E-state index contributed by atoms with van der Waals surface area (Å²) in [6.45, 7) is 0. The number of fused-ring (bicyclic) bond motifs is 4. The van der Waals surface area contributed by atoms with Crippen molar-refractivity contribution in [3.8, 4) is 44.5 Å². The average molecular weight is 709 g/mol. The lowest BCUT2D eigenvalue weighted by Crippen LogP contribution is -2.09. The second-order valence-corrected chi connectivity index (χ2v) is 13.4. The lowest BCUT2D eigenvalue weighted by Gasteiger charge is -2.26. The Balaban J connectivity index is 1.16. The predicted octanol–water partition coefficient (Wildman–Crippen LogP) is 15.3. The van der Waals surface area contributed by atoms with Gasteiger partial charge in [-0.15, -0.1) is 0 Å². The van der Waals surface area contributed by atoms with Crippen molar-refractivity contribution in [2.24, 2.45) is 0 Å². The summed E-state index contributed by atoms with van der Waals surface area (Å²) >= 11 is 0. The van der Waals surface area contributed by atoms with Crippen LogP contribution in [-0.2, 0) is 0 Å². The Morgan fingerprint density at radius 1 is 0.309 bits per heavy atom. The Morgan fingerprint density at radius 2 is 0.855 bits per heavy atom. The van der Waals surface area contributed by atoms with E-state index in [9.17, 15) is 5.48 Å². The third-order valence-electron chi connectivity index (χ3n) is 10.2. The van der Waals surface area contributed by atoms with E-state index in [4.69, 9.17) is 6.85 Å². The number of rotatable bonds is 7. The molecule has 0 heterocycles. The van der Waals surface area contributed by atoms with Gasteiger partial charge in [0.2, 0.25) is 0 Å². The number of nitrogens with zero attached hydrogens (tertiary/aromatic N) is 1. The molecule has 0 radical (unpaired) electrons. The molecule has 0 aliphatic rings. The third kappa shape index (κ3) is 6.02. The van der Waals surface area contributed by atoms with E-state index in [1.165, 1.54) is 0 Å². The van der Waals surface area contributed by atoms with Gasteiger partial charge in [0, 0.05) is 17.1 Å². The van der Waals surface area contributed by atoms with Crippen molar-refractivity contribution < 1.29 is 12.3 Å². The summed E-state index contributed by atoms with van der Waals surface area (Å²) in [5, 5.41) is 6.70. The molecule has 0 bridgehead atoms.